The van der Waals surface area contributed by atoms with Crippen molar-refractivity contribution in [1.82, 2.24) is 0 Å². The highest BCUT2D eigenvalue weighted by atomic mass is 32.1. The second kappa shape index (κ2) is 4.12. The fourth-order valence-corrected chi connectivity index (χ4v) is 1.62. The van der Waals surface area contributed by atoms with Crippen LogP contribution in [0.5, 0.6) is 0 Å². The number of nitrogens with two attached hydrogens (primary N) is 1. The molecule has 0 saturated heterocycles. The largest absolute Gasteiger partial charge is 0.398 e. The fourth-order valence-electron chi connectivity index (χ4n) is 0.907. The average Bonchev–Trinajstić information content (AvgIpc) is 2.05. The molecule has 0 aliphatic rings. The number of anilines is 1. The van der Waals surface area contributed by atoms with Gasteiger partial charge in [0.1, 0.15) is 8.07 Å². The van der Waals surface area contributed by atoms with Gasteiger partial charge in [-0.2, -0.15) is 0 Å². The first-order valence-electron chi connectivity index (χ1n) is 4.50. The van der Waals surface area contributed by atoms with E-state index in [4.69, 9.17) is 5.73 Å². The highest BCUT2D eigenvalue weighted by Gasteiger charge is 2.07. The van der Waals surface area contributed by atoms with Crippen LogP contribution in [-0.2, 0) is 0 Å². The number of benzene rings is 1. The van der Waals surface area contributed by atoms with Crippen molar-refractivity contribution in [3.8, 4) is 11.5 Å². The summed E-state index contributed by atoms with van der Waals surface area (Å²) in [6.45, 7) is 6.63. The predicted molar refractivity (Wildman–Crippen MR) is 68.3 cm³/mol. The normalized spacial score (nSPS) is 10.6. The van der Waals surface area contributed by atoms with Crippen molar-refractivity contribution in [3.63, 3.8) is 0 Å². The SMILES string of the molecule is C[Si](C)(C)C#Cc1cc(S)ccc1N. The van der Waals surface area contributed by atoms with Gasteiger partial charge in [0.2, 0.25) is 0 Å². The number of thiol groups is 1. The molecule has 14 heavy (non-hydrogen) atoms. The number of nitrogen functional groups attached to an aromatic ring is 1. The van der Waals surface area contributed by atoms with Crippen LogP contribution in [0.3, 0.4) is 0 Å². The maximum absolute atomic E-state index is 5.80. The summed E-state index contributed by atoms with van der Waals surface area (Å²) in [6, 6.07) is 5.63. The quantitative estimate of drug-likeness (QED) is 0.300. The van der Waals surface area contributed by atoms with E-state index in [0.717, 1.165) is 16.1 Å². The van der Waals surface area contributed by atoms with Crippen LogP contribution < -0.4 is 5.73 Å². The number of rotatable bonds is 0. The van der Waals surface area contributed by atoms with Gasteiger partial charge in [-0.05, 0) is 18.2 Å². The molecule has 0 bridgehead atoms. The summed E-state index contributed by atoms with van der Waals surface area (Å²) in [4.78, 5) is 0.902. The Morgan fingerprint density at radius 1 is 1.29 bits per heavy atom. The van der Waals surface area contributed by atoms with E-state index >= 15 is 0 Å². The van der Waals surface area contributed by atoms with Crippen LogP contribution in [-0.4, -0.2) is 8.07 Å². The molecule has 0 spiro atoms. The molecule has 0 aliphatic carbocycles. The minimum atomic E-state index is -1.32. The summed E-state index contributed by atoms with van der Waals surface area (Å²) in [5.41, 5.74) is 10.7. The Morgan fingerprint density at radius 3 is 2.50 bits per heavy atom. The Hall–Kier alpha value is -0.853. The Morgan fingerprint density at radius 2 is 1.93 bits per heavy atom. The van der Waals surface area contributed by atoms with E-state index in [0.29, 0.717) is 0 Å². The Labute approximate surface area is 92.1 Å². The summed E-state index contributed by atoms with van der Waals surface area (Å²) in [5.74, 6) is 3.13. The maximum atomic E-state index is 5.80. The van der Waals surface area contributed by atoms with Crippen molar-refractivity contribution >= 4 is 26.4 Å². The lowest BCUT2D eigenvalue weighted by Crippen LogP contribution is -2.16. The second-order valence-electron chi connectivity index (χ2n) is 4.27. The summed E-state index contributed by atoms with van der Waals surface area (Å²) in [7, 11) is -1.32. The lowest BCUT2D eigenvalue weighted by Gasteiger charge is -2.04. The van der Waals surface area contributed by atoms with Gasteiger partial charge in [0.05, 0.1) is 0 Å². The highest BCUT2D eigenvalue weighted by molar-refractivity contribution is 7.80. The molecule has 0 fully saturated rings. The van der Waals surface area contributed by atoms with Gasteiger partial charge < -0.3 is 5.73 Å². The van der Waals surface area contributed by atoms with Gasteiger partial charge >= 0.3 is 0 Å². The first-order valence-corrected chi connectivity index (χ1v) is 8.45. The third kappa shape index (κ3) is 3.49. The van der Waals surface area contributed by atoms with E-state index in [2.05, 4.69) is 43.7 Å². The van der Waals surface area contributed by atoms with Crippen molar-refractivity contribution in [1.29, 1.82) is 0 Å². The third-order valence-corrected chi connectivity index (χ3v) is 2.76. The molecular weight excluding hydrogens is 206 g/mol. The van der Waals surface area contributed by atoms with Crippen LogP contribution in [0.2, 0.25) is 19.6 Å². The molecule has 2 N–H and O–H groups in total. The molecule has 1 nitrogen and oxygen atoms in total. The van der Waals surface area contributed by atoms with E-state index in [1.54, 1.807) is 0 Å². The summed E-state index contributed by atoms with van der Waals surface area (Å²) >= 11 is 4.25. The molecular formula is C11H15NSSi. The van der Waals surface area contributed by atoms with Crippen molar-refractivity contribution in [2.75, 3.05) is 5.73 Å². The monoisotopic (exact) mass is 221 g/mol. The number of hydrogen-bond acceptors (Lipinski definition) is 2. The molecule has 74 valence electrons. The van der Waals surface area contributed by atoms with Crippen molar-refractivity contribution < 1.29 is 0 Å². The van der Waals surface area contributed by atoms with Crippen molar-refractivity contribution in [3.05, 3.63) is 23.8 Å². The third-order valence-electron chi connectivity index (χ3n) is 1.61. The molecule has 0 radical (unpaired) electrons. The summed E-state index contributed by atoms with van der Waals surface area (Å²) < 4.78 is 0. The zero-order valence-electron chi connectivity index (χ0n) is 8.76. The lowest BCUT2D eigenvalue weighted by molar-refractivity contribution is 1.45. The molecule has 0 amide bonds. The van der Waals surface area contributed by atoms with E-state index in [1.165, 1.54) is 0 Å². The van der Waals surface area contributed by atoms with Gasteiger partial charge in [-0.1, -0.05) is 25.6 Å². The van der Waals surface area contributed by atoms with E-state index in [9.17, 15) is 0 Å². The molecule has 1 aromatic carbocycles. The molecule has 0 heterocycles. The van der Waals surface area contributed by atoms with E-state index in [-0.39, 0.29) is 0 Å². The molecule has 1 aromatic rings. The Balaban J connectivity index is 3.06. The molecule has 3 heteroatoms. The van der Waals surface area contributed by atoms with Crippen LogP contribution in [0.1, 0.15) is 5.56 Å². The van der Waals surface area contributed by atoms with Gasteiger partial charge in [0, 0.05) is 16.1 Å². The standard InChI is InChI=1S/C11H15NSSi/c1-14(2,3)7-6-9-8-10(13)4-5-11(9)12/h4-5,8,13H,12H2,1-3H3. The molecule has 0 aromatic heterocycles. The fraction of sp³-hybridized carbons (Fsp3) is 0.273. The van der Waals surface area contributed by atoms with E-state index < -0.39 is 8.07 Å². The minimum Gasteiger partial charge on any atom is -0.398 e. The van der Waals surface area contributed by atoms with Gasteiger partial charge in [0.25, 0.3) is 0 Å². The zero-order valence-corrected chi connectivity index (χ0v) is 10.7. The van der Waals surface area contributed by atoms with Gasteiger partial charge in [-0.25, -0.2) is 0 Å². The van der Waals surface area contributed by atoms with Gasteiger partial charge in [-0.15, -0.1) is 18.2 Å². The molecule has 0 saturated carbocycles. The Kier molecular flexibility index (Phi) is 3.30. The highest BCUT2D eigenvalue weighted by Crippen LogP contribution is 2.15. The molecule has 0 atom stereocenters. The van der Waals surface area contributed by atoms with Crippen molar-refractivity contribution in [2.24, 2.45) is 0 Å². The Bertz CT molecular complexity index is 396. The molecule has 1 rings (SSSR count). The van der Waals surface area contributed by atoms with Crippen molar-refractivity contribution in [2.45, 2.75) is 24.5 Å². The maximum Gasteiger partial charge on any atom is 0.129 e. The summed E-state index contributed by atoms with van der Waals surface area (Å²) in [6.07, 6.45) is 0. The molecule has 0 aliphatic heterocycles. The van der Waals surface area contributed by atoms with E-state index in [1.807, 2.05) is 18.2 Å². The summed E-state index contributed by atoms with van der Waals surface area (Å²) in [5, 5.41) is 0. The number of hydrogen-bond donors (Lipinski definition) is 2. The average molecular weight is 221 g/mol. The van der Waals surface area contributed by atoms with Crippen LogP contribution in [0, 0.1) is 11.5 Å². The predicted octanol–water partition coefficient (Wildman–Crippen LogP) is 2.79. The van der Waals surface area contributed by atoms with Gasteiger partial charge in [0.15, 0.2) is 0 Å². The zero-order chi connectivity index (χ0) is 10.8. The van der Waals surface area contributed by atoms with Crippen LogP contribution >= 0.6 is 12.6 Å². The van der Waals surface area contributed by atoms with Crippen LogP contribution in [0.15, 0.2) is 23.1 Å². The first-order chi connectivity index (χ1) is 6.38. The smallest absolute Gasteiger partial charge is 0.129 e. The molecule has 0 unspecified atom stereocenters. The van der Waals surface area contributed by atoms with Crippen LogP contribution in [0.25, 0.3) is 0 Å². The first kappa shape index (κ1) is 11.2. The second-order valence-corrected chi connectivity index (χ2v) is 9.54. The topological polar surface area (TPSA) is 26.0 Å². The minimum absolute atomic E-state index is 0.730. The van der Waals surface area contributed by atoms with Crippen LogP contribution in [0.4, 0.5) is 5.69 Å². The lowest BCUT2D eigenvalue weighted by atomic mass is 10.2. The van der Waals surface area contributed by atoms with Gasteiger partial charge in [-0.3, -0.25) is 0 Å².